The van der Waals surface area contributed by atoms with Gasteiger partial charge in [0.2, 0.25) is 11.8 Å². The molecule has 0 saturated carbocycles. The number of esters is 1. The van der Waals surface area contributed by atoms with E-state index in [9.17, 15) is 14.4 Å². The Kier molecular flexibility index (Phi) is 6.88. The molecule has 2 aromatic carbocycles. The van der Waals surface area contributed by atoms with Crippen molar-refractivity contribution in [3.63, 3.8) is 0 Å². The topological polar surface area (TPSA) is 75.7 Å². The van der Waals surface area contributed by atoms with Crippen molar-refractivity contribution in [1.29, 1.82) is 0 Å². The largest absolute Gasteiger partial charge is 0.462 e. The maximum absolute atomic E-state index is 12.8. The van der Waals surface area contributed by atoms with Gasteiger partial charge in [-0.1, -0.05) is 37.1 Å². The van der Waals surface area contributed by atoms with Crippen LogP contribution in [0.15, 0.2) is 48.5 Å². The van der Waals surface area contributed by atoms with Crippen molar-refractivity contribution in [1.82, 2.24) is 0 Å². The van der Waals surface area contributed by atoms with E-state index in [2.05, 4.69) is 5.32 Å². The van der Waals surface area contributed by atoms with Crippen LogP contribution < -0.4 is 10.2 Å². The lowest BCUT2D eigenvalue weighted by atomic mass is 10.1. The highest BCUT2D eigenvalue weighted by Gasteiger charge is 2.35. The molecule has 0 aromatic heterocycles. The molecule has 1 unspecified atom stereocenters. The summed E-state index contributed by atoms with van der Waals surface area (Å²) in [6.45, 7) is 2.62. The third-order valence-corrected chi connectivity index (χ3v) is 5.02. The van der Waals surface area contributed by atoms with Gasteiger partial charge in [-0.3, -0.25) is 9.59 Å². The summed E-state index contributed by atoms with van der Waals surface area (Å²) in [7, 11) is 0. The fraction of sp³-hybridized carbons (Fsp3) is 0.318. The van der Waals surface area contributed by atoms with Crippen molar-refractivity contribution in [3.05, 3.63) is 59.1 Å². The monoisotopic (exact) mass is 414 g/mol. The number of amides is 2. The molecule has 2 amide bonds. The number of benzene rings is 2. The van der Waals surface area contributed by atoms with Gasteiger partial charge in [-0.05, 0) is 42.8 Å². The number of rotatable bonds is 7. The summed E-state index contributed by atoms with van der Waals surface area (Å²) < 4.78 is 5.25. The average molecular weight is 415 g/mol. The standard InChI is InChI=1S/C22H23ClN2O4/c1-2-3-12-29-22(28)18-6-4-5-7-19(18)24-21(27)15-13-20(26)25(14-15)17-10-8-16(23)9-11-17/h4-11,15H,2-3,12-14H2,1H3,(H,24,27). The van der Waals surface area contributed by atoms with Gasteiger partial charge in [0.25, 0.3) is 0 Å². The summed E-state index contributed by atoms with van der Waals surface area (Å²) in [6.07, 6.45) is 1.81. The van der Waals surface area contributed by atoms with Crippen LogP contribution in [0.2, 0.25) is 5.02 Å². The van der Waals surface area contributed by atoms with Crippen LogP contribution in [-0.2, 0) is 14.3 Å². The Morgan fingerprint density at radius 3 is 2.62 bits per heavy atom. The van der Waals surface area contributed by atoms with Crippen molar-refractivity contribution in [2.75, 3.05) is 23.4 Å². The summed E-state index contributed by atoms with van der Waals surface area (Å²) in [6, 6.07) is 13.6. The van der Waals surface area contributed by atoms with E-state index in [0.717, 1.165) is 12.8 Å². The predicted molar refractivity (Wildman–Crippen MR) is 112 cm³/mol. The summed E-state index contributed by atoms with van der Waals surface area (Å²) in [5.74, 6) is -1.41. The van der Waals surface area contributed by atoms with Gasteiger partial charge in [-0.15, -0.1) is 0 Å². The van der Waals surface area contributed by atoms with E-state index in [1.165, 1.54) is 0 Å². The van der Waals surface area contributed by atoms with Crippen molar-refractivity contribution >= 4 is 40.8 Å². The molecule has 6 nitrogen and oxygen atoms in total. The second-order valence-corrected chi connectivity index (χ2v) is 7.34. The van der Waals surface area contributed by atoms with Crippen LogP contribution in [0, 0.1) is 5.92 Å². The Balaban J connectivity index is 1.67. The smallest absolute Gasteiger partial charge is 0.340 e. The molecule has 152 valence electrons. The normalized spacial score (nSPS) is 16.0. The first-order chi connectivity index (χ1) is 14.0. The molecule has 1 aliphatic heterocycles. The molecule has 1 heterocycles. The Bertz CT molecular complexity index is 898. The van der Waals surface area contributed by atoms with E-state index in [4.69, 9.17) is 16.3 Å². The molecule has 0 aliphatic carbocycles. The summed E-state index contributed by atoms with van der Waals surface area (Å²) in [4.78, 5) is 39.0. The van der Waals surface area contributed by atoms with Crippen LogP contribution in [0.4, 0.5) is 11.4 Å². The average Bonchev–Trinajstić information content (AvgIpc) is 3.11. The first-order valence-corrected chi connectivity index (χ1v) is 10.0. The van der Waals surface area contributed by atoms with E-state index in [1.54, 1.807) is 53.4 Å². The molecule has 7 heteroatoms. The fourth-order valence-corrected chi connectivity index (χ4v) is 3.27. The van der Waals surface area contributed by atoms with Crippen molar-refractivity contribution < 1.29 is 19.1 Å². The van der Waals surface area contributed by atoms with Crippen LogP contribution in [0.1, 0.15) is 36.5 Å². The highest BCUT2D eigenvalue weighted by molar-refractivity contribution is 6.30. The Morgan fingerprint density at radius 2 is 1.90 bits per heavy atom. The number of nitrogens with zero attached hydrogens (tertiary/aromatic N) is 1. The first-order valence-electron chi connectivity index (χ1n) is 9.62. The zero-order valence-electron chi connectivity index (χ0n) is 16.2. The SMILES string of the molecule is CCCCOC(=O)c1ccccc1NC(=O)C1CC(=O)N(c2ccc(Cl)cc2)C1. The molecule has 1 aliphatic rings. The number of nitrogens with one attached hydrogen (secondary N) is 1. The minimum absolute atomic E-state index is 0.109. The lowest BCUT2D eigenvalue weighted by Crippen LogP contribution is -2.28. The Labute approximate surface area is 174 Å². The maximum Gasteiger partial charge on any atom is 0.340 e. The number of hydrogen-bond donors (Lipinski definition) is 1. The van der Waals surface area contributed by atoms with Gasteiger partial charge in [0.15, 0.2) is 0 Å². The molecule has 1 fully saturated rings. The molecule has 0 bridgehead atoms. The number of hydrogen-bond acceptors (Lipinski definition) is 4. The van der Waals surface area contributed by atoms with Gasteiger partial charge in [-0.2, -0.15) is 0 Å². The van der Waals surface area contributed by atoms with Gasteiger partial charge in [0.05, 0.1) is 23.8 Å². The summed E-state index contributed by atoms with van der Waals surface area (Å²) in [5, 5.41) is 3.37. The van der Waals surface area contributed by atoms with Gasteiger partial charge < -0.3 is 15.0 Å². The predicted octanol–water partition coefficient (Wildman–Crippen LogP) is 4.29. The molecule has 0 radical (unpaired) electrons. The first kappa shape index (κ1) is 20.9. The van der Waals surface area contributed by atoms with E-state index >= 15 is 0 Å². The van der Waals surface area contributed by atoms with Gasteiger partial charge in [0.1, 0.15) is 0 Å². The lowest BCUT2D eigenvalue weighted by molar-refractivity contribution is -0.122. The number of anilines is 2. The number of ether oxygens (including phenoxy) is 1. The molecule has 3 rings (SSSR count). The zero-order chi connectivity index (χ0) is 20.8. The number of para-hydroxylation sites is 1. The fourth-order valence-electron chi connectivity index (χ4n) is 3.15. The second kappa shape index (κ2) is 9.56. The van der Waals surface area contributed by atoms with Gasteiger partial charge >= 0.3 is 5.97 Å². The molecule has 0 spiro atoms. The number of carbonyl (C=O) groups is 3. The lowest BCUT2D eigenvalue weighted by Gasteiger charge is -2.17. The van der Waals surface area contributed by atoms with E-state index < -0.39 is 11.9 Å². The molecular weight excluding hydrogens is 392 g/mol. The van der Waals surface area contributed by atoms with Crippen LogP contribution in [-0.4, -0.2) is 30.9 Å². The van der Waals surface area contributed by atoms with Gasteiger partial charge in [0, 0.05) is 23.7 Å². The van der Waals surface area contributed by atoms with E-state index in [-0.39, 0.29) is 24.8 Å². The molecular formula is C22H23ClN2O4. The minimum atomic E-state index is -0.512. The van der Waals surface area contributed by atoms with Crippen molar-refractivity contribution in [2.45, 2.75) is 26.2 Å². The van der Waals surface area contributed by atoms with Gasteiger partial charge in [-0.25, -0.2) is 4.79 Å². The number of carbonyl (C=O) groups excluding carboxylic acids is 3. The van der Waals surface area contributed by atoms with Crippen molar-refractivity contribution in [3.8, 4) is 0 Å². The molecule has 1 atom stereocenters. The van der Waals surface area contributed by atoms with E-state index in [1.807, 2.05) is 6.92 Å². The Morgan fingerprint density at radius 1 is 1.17 bits per heavy atom. The molecule has 1 N–H and O–H groups in total. The molecule has 2 aromatic rings. The zero-order valence-corrected chi connectivity index (χ0v) is 16.9. The number of unbranched alkanes of at least 4 members (excludes halogenated alkanes) is 1. The Hall–Kier alpha value is -2.86. The highest BCUT2D eigenvalue weighted by atomic mass is 35.5. The third-order valence-electron chi connectivity index (χ3n) is 4.77. The third kappa shape index (κ3) is 5.15. The quantitative estimate of drug-likeness (QED) is 0.541. The van der Waals surface area contributed by atoms with Crippen molar-refractivity contribution in [2.24, 2.45) is 5.92 Å². The maximum atomic E-state index is 12.8. The van der Waals surface area contributed by atoms with E-state index in [0.29, 0.717) is 28.6 Å². The molecule has 29 heavy (non-hydrogen) atoms. The second-order valence-electron chi connectivity index (χ2n) is 6.91. The van der Waals surface area contributed by atoms with Crippen LogP contribution in [0.25, 0.3) is 0 Å². The molecule has 1 saturated heterocycles. The van der Waals surface area contributed by atoms with Crippen LogP contribution in [0.5, 0.6) is 0 Å². The minimum Gasteiger partial charge on any atom is -0.462 e. The summed E-state index contributed by atoms with van der Waals surface area (Å²) >= 11 is 5.90. The highest BCUT2D eigenvalue weighted by Crippen LogP contribution is 2.27. The van der Waals surface area contributed by atoms with Crippen LogP contribution in [0.3, 0.4) is 0 Å². The van der Waals surface area contributed by atoms with Crippen LogP contribution >= 0.6 is 11.6 Å². The number of halogens is 1. The summed E-state index contributed by atoms with van der Waals surface area (Å²) in [5.41, 5.74) is 1.39.